The zero-order chi connectivity index (χ0) is 9.14. The molecule has 1 aliphatic rings. The van der Waals surface area contributed by atoms with Crippen molar-refractivity contribution in [2.75, 3.05) is 26.7 Å². The van der Waals surface area contributed by atoms with Crippen LogP contribution < -0.4 is 0 Å². The van der Waals surface area contributed by atoms with E-state index in [1.807, 2.05) is 11.9 Å². The molecule has 0 atom stereocenters. The molecule has 12 heavy (non-hydrogen) atoms. The molecule has 0 saturated carbocycles. The number of guanidine groups is 1. The first-order chi connectivity index (χ1) is 5.61. The molecule has 1 rings (SSSR count). The maximum atomic E-state index is 10.2. The van der Waals surface area contributed by atoms with Crippen LogP contribution in [0.2, 0.25) is 0 Å². The van der Waals surface area contributed by atoms with Gasteiger partial charge in [-0.1, -0.05) is 0 Å². The van der Waals surface area contributed by atoms with Gasteiger partial charge in [0, 0.05) is 26.7 Å². The van der Waals surface area contributed by atoms with Gasteiger partial charge in [-0.2, -0.15) is 0 Å². The Morgan fingerprint density at radius 3 is 2.75 bits per heavy atom. The molecule has 0 radical (unpaired) electrons. The molecule has 68 valence electrons. The summed E-state index contributed by atoms with van der Waals surface area (Å²) in [6, 6.07) is 0. The standard InChI is InChI=1S/C7H13N3O2/c1-9-4-5-10(7(9)8)3-2-6(11)12/h8H,2-5H2,1H3,(H,11,12). The van der Waals surface area contributed by atoms with E-state index in [-0.39, 0.29) is 6.42 Å². The monoisotopic (exact) mass is 171 g/mol. The Hall–Kier alpha value is -1.26. The van der Waals surface area contributed by atoms with Gasteiger partial charge in [0.1, 0.15) is 0 Å². The lowest BCUT2D eigenvalue weighted by Crippen LogP contribution is -2.31. The number of aliphatic carboxylic acids is 1. The van der Waals surface area contributed by atoms with Crippen molar-refractivity contribution in [3.63, 3.8) is 0 Å². The number of hydrogen-bond acceptors (Lipinski definition) is 2. The maximum absolute atomic E-state index is 10.2. The number of nitrogens with one attached hydrogen (secondary N) is 1. The lowest BCUT2D eigenvalue weighted by Gasteiger charge is -2.17. The molecule has 5 nitrogen and oxygen atoms in total. The summed E-state index contributed by atoms with van der Waals surface area (Å²) in [6.45, 7) is 2.03. The Morgan fingerprint density at radius 1 is 1.67 bits per heavy atom. The molecule has 0 amide bonds. The van der Waals surface area contributed by atoms with Gasteiger partial charge in [-0.05, 0) is 0 Å². The van der Waals surface area contributed by atoms with E-state index < -0.39 is 5.97 Å². The molecule has 0 unspecified atom stereocenters. The third kappa shape index (κ3) is 1.87. The normalized spacial score (nSPS) is 17.2. The summed E-state index contributed by atoms with van der Waals surface area (Å²) in [5.74, 6) is -0.381. The molecule has 0 aromatic heterocycles. The molecule has 1 aliphatic heterocycles. The van der Waals surface area contributed by atoms with Gasteiger partial charge < -0.3 is 14.9 Å². The van der Waals surface area contributed by atoms with E-state index in [4.69, 9.17) is 10.5 Å². The molecule has 2 N–H and O–H groups in total. The van der Waals surface area contributed by atoms with Crippen LogP contribution in [0.1, 0.15) is 6.42 Å². The van der Waals surface area contributed by atoms with E-state index in [2.05, 4.69) is 0 Å². The van der Waals surface area contributed by atoms with Crippen LogP contribution in [-0.4, -0.2) is 53.5 Å². The fourth-order valence-corrected chi connectivity index (χ4v) is 1.17. The minimum absolute atomic E-state index is 0.107. The molecule has 0 spiro atoms. The molecule has 0 aromatic rings. The Bertz CT molecular complexity index is 205. The van der Waals surface area contributed by atoms with Crippen LogP contribution in [0, 0.1) is 5.41 Å². The number of rotatable bonds is 3. The first kappa shape index (κ1) is 8.83. The molecule has 1 heterocycles. The van der Waals surface area contributed by atoms with E-state index in [1.165, 1.54) is 0 Å². The summed E-state index contributed by atoms with van der Waals surface area (Å²) < 4.78 is 0. The minimum Gasteiger partial charge on any atom is -0.481 e. The first-order valence-corrected chi connectivity index (χ1v) is 3.87. The van der Waals surface area contributed by atoms with Crippen LogP contribution in [0.25, 0.3) is 0 Å². The summed E-state index contributed by atoms with van der Waals surface area (Å²) >= 11 is 0. The highest BCUT2D eigenvalue weighted by atomic mass is 16.4. The van der Waals surface area contributed by atoms with Crippen molar-refractivity contribution in [1.29, 1.82) is 5.41 Å². The Morgan fingerprint density at radius 2 is 2.33 bits per heavy atom. The van der Waals surface area contributed by atoms with Crippen LogP contribution in [0.5, 0.6) is 0 Å². The lowest BCUT2D eigenvalue weighted by atomic mass is 10.4. The second-order valence-corrected chi connectivity index (χ2v) is 2.88. The highest BCUT2D eigenvalue weighted by Crippen LogP contribution is 2.04. The average molecular weight is 171 g/mol. The topological polar surface area (TPSA) is 67.6 Å². The van der Waals surface area contributed by atoms with Gasteiger partial charge >= 0.3 is 5.97 Å². The van der Waals surface area contributed by atoms with Crippen LogP contribution in [0.3, 0.4) is 0 Å². The summed E-state index contributed by atoms with van der Waals surface area (Å²) in [5.41, 5.74) is 0. The van der Waals surface area contributed by atoms with Crippen molar-refractivity contribution in [2.24, 2.45) is 0 Å². The molecule has 0 aromatic carbocycles. The third-order valence-electron chi connectivity index (χ3n) is 1.96. The van der Waals surface area contributed by atoms with Gasteiger partial charge in [0.05, 0.1) is 6.42 Å². The quantitative estimate of drug-likeness (QED) is 0.608. The van der Waals surface area contributed by atoms with E-state index in [9.17, 15) is 4.79 Å². The van der Waals surface area contributed by atoms with Crippen molar-refractivity contribution < 1.29 is 9.90 Å². The van der Waals surface area contributed by atoms with E-state index in [0.29, 0.717) is 12.5 Å². The highest BCUT2D eigenvalue weighted by Gasteiger charge is 2.21. The lowest BCUT2D eigenvalue weighted by molar-refractivity contribution is -0.137. The van der Waals surface area contributed by atoms with Crippen molar-refractivity contribution in [3.8, 4) is 0 Å². The molecule has 0 bridgehead atoms. The molecule has 1 fully saturated rings. The second kappa shape index (κ2) is 3.42. The number of carbonyl (C=O) groups is 1. The zero-order valence-corrected chi connectivity index (χ0v) is 7.08. The van der Waals surface area contributed by atoms with E-state index in [1.54, 1.807) is 4.90 Å². The predicted molar refractivity (Wildman–Crippen MR) is 44.2 cm³/mol. The van der Waals surface area contributed by atoms with Crippen LogP contribution in [0.4, 0.5) is 0 Å². The van der Waals surface area contributed by atoms with Gasteiger partial charge in [0.2, 0.25) is 0 Å². The van der Waals surface area contributed by atoms with Gasteiger partial charge in [-0.25, -0.2) is 0 Å². The van der Waals surface area contributed by atoms with Gasteiger partial charge in [-0.3, -0.25) is 10.2 Å². The summed E-state index contributed by atoms with van der Waals surface area (Å²) in [4.78, 5) is 13.8. The smallest absolute Gasteiger partial charge is 0.305 e. The van der Waals surface area contributed by atoms with Gasteiger partial charge in [0.25, 0.3) is 0 Å². The molecule has 1 saturated heterocycles. The van der Waals surface area contributed by atoms with Gasteiger partial charge in [0.15, 0.2) is 5.96 Å². The number of nitrogens with zero attached hydrogens (tertiary/aromatic N) is 2. The zero-order valence-electron chi connectivity index (χ0n) is 7.08. The SMILES string of the molecule is CN1CCN(CCC(=O)O)C1=N. The van der Waals surface area contributed by atoms with Crippen LogP contribution in [0.15, 0.2) is 0 Å². The number of carboxylic acids is 1. The van der Waals surface area contributed by atoms with Crippen LogP contribution in [-0.2, 0) is 4.79 Å². The van der Waals surface area contributed by atoms with E-state index in [0.717, 1.165) is 13.1 Å². The molecule has 5 heteroatoms. The van der Waals surface area contributed by atoms with Gasteiger partial charge in [-0.15, -0.1) is 0 Å². The summed E-state index contributed by atoms with van der Waals surface area (Å²) in [5, 5.41) is 15.9. The van der Waals surface area contributed by atoms with Crippen molar-refractivity contribution >= 4 is 11.9 Å². The first-order valence-electron chi connectivity index (χ1n) is 3.87. The largest absolute Gasteiger partial charge is 0.481 e. The van der Waals surface area contributed by atoms with Crippen LogP contribution >= 0.6 is 0 Å². The number of carboxylic acid groups (broad SMARTS) is 1. The fourth-order valence-electron chi connectivity index (χ4n) is 1.17. The summed E-state index contributed by atoms with van der Waals surface area (Å²) in [7, 11) is 1.84. The highest BCUT2D eigenvalue weighted by molar-refractivity contribution is 5.79. The van der Waals surface area contributed by atoms with Crippen molar-refractivity contribution in [3.05, 3.63) is 0 Å². The minimum atomic E-state index is -0.808. The molecular formula is C7H13N3O2. The summed E-state index contributed by atoms with van der Waals surface area (Å²) in [6.07, 6.45) is 0.107. The molecule has 0 aliphatic carbocycles. The maximum Gasteiger partial charge on any atom is 0.305 e. The predicted octanol–water partition coefficient (Wildman–Crippen LogP) is -0.357. The Kier molecular flexibility index (Phi) is 2.52. The average Bonchev–Trinajstić information content (AvgIpc) is 2.30. The third-order valence-corrected chi connectivity index (χ3v) is 1.96. The number of hydrogen-bond donors (Lipinski definition) is 2. The number of likely N-dealkylation sites (N-methyl/N-ethyl adjacent to an activating group) is 1. The Balaban J connectivity index is 2.34. The van der Waals surface area contributed by atoms with Crippen molar-refractivity contribution in [2.45, 2.75) is 6.42 Å². The second-order valence-electron chi connectivity index (χ2n) is 2.88. The van der Waals surface area contributed by atoms with E-state index >= 15 is 0 Å². The van der Waals surface area contributed by atoms with Crippen molar-refractivity contribution in [1.82, 2.24) is 9.80 Å². The fraction of sp³-hybridized carbons (Fsp3) is 0.714. The molecular weight excluding hydrogens is 158 g/mol. The Labute approximate surface area is 71.1 Å².